The summed E-state index contributed by atoms with van der Waals surface area (Å²) in [5, 5.41) is 7.92. The van der Waals surface area contributed by atoms with Gasteiger partial charge in [0.2, 0.25) is 5.82 Å². The molecule has 0 aliphatic carbocycles. The molecule has 0 radical (unpaired) electrons. The molecule has 4 rings (SSSR count). The zero-order chi connectivity index (χ0) is 20.4. The van der Waals surface area contributed by atoms with E-state index in [2.05, 4.69) is 31.3 Å². The normalized spacial score (nSPS) is 10.7. The van der Waals surface area contributed by atoms with Crippen molar-refractivity contribution in [3.8, 4) is 17.1 Å². The number of aryl methyl sites for hydroxylation is 1. The topological polar surface area (TPSA) is 59.8 Å². The molecule has 0 saturated heterocycles. The molecule has 0 saturated carbocycles. The minimum Gasteiger partial charge on any atom is -0.319 e. The van der Waals surface area contributed by atoms with E-state index in [0.29, 0.717) is 16.5 Å². The third-order valence-corrected chi connectivity index (χ3v) is 5.02. The maximum Gasteiger partial charge on any atom is 0.295 e. The summed E-state index contributed by atoms with van der Waals surface area (Å²) < 4.78 is 2.52. The lowest BCUT2D eigenvalue weighted by molar-refractivity contribution is 0.101. The zero-order valence-electron chi connectivity index (χ0n) is 15.4. The Hall–Kier alpha value is -2.96. The molecule has 5 nitrogen and oxygen atoms in total. The lowest BCUT2D eigenvalue weighted by Gasteiger charge is -2.06. The molecule has 144 valence electrons. The molecule has 1 N–H and O–H groups in total. The Balaban J connectivity index is 1.75. The van der Waals surface area contributed by atoms with Crippen LogP contribution in [-0.4, -0.2) is 20.7 Å². The van der Waals surface area contributed by atoms with Crippen molar-refractivity contribution in [3.05, 3.63) is 93.7 Å². The van der Waals surface area contributed by atoms with Crippen LogP contribution in [0.25, 0.3) is 17.1 Å². The Labute approximate surface area is 181 Å². The third-order valence-electron chi connectivity index (χ3n) is 4.27. The fourth-order valence-corrected chi connectivity index (χ4v) is 3.34. The molecule has 29 heavy (non-hydrogen) atoms. The summed E-state index contributed by atoms with van der Waals surface area (Å²) in [6.07, 6.45) is 0. The van der Waals surface area contributed by atoms with Gasteiger partial charge in [0.05, 0.1) is 5.69 Å². The maximum atomic E-state index is 12.8. The summed E-state index contributed by atoms with van der Waals surface area (Å²) >= 11 is 9.42. The van der Waals surface area contributed by atoms with Crippen LogP contribution in [0.1, 0.15) is 16.2 Å². The number of rotatable bonds is 4. The first kappa shape index (κ1) is 19.4. The average molecular weight is 468 g/mol. The second-order valence-corrected chi connectivity index (χ2v) is 7.83. The molecule has 4 aromatic rings. The summed E-state index contributed by atoms with van der Waals surface area (Å²) in [5.74, 6) is 0.270. The molecule has 1 amide bonds. The molecule has 1 heterocycles. The summed E-state index contributed by atoms with van der Waals surface area (Å²) in [7, 11) is 0. The first-order chi connectivity index (χ1) is 14.0. The van der Waals surface area contributed by atoms with Crippen LogP contribution in [0.4, 0.5) is 5.69 Å². The van der Waals surface area contributed by atoms with Crippen LogP contribution in [-0.2, 0) is 0 Å². The summed E-state index contributed by atoms with van der Waals surface area (Å²) in [6, 6.07) is 22.5. The van der Waals surface area contributed by atoms with E-state index >= 15 is 0 Å². The van der Waals surface area contributed by atoms with Crippen molar-refractivity contribution < 1.29 is 4.79 Å². The first-order valence-corrected chi connectivity index (χ1v) is 10.0. The van der Waals surface area contributed by atoms with E-state index in [1.54, 1.807) is 22.9 Å². The van der Waals surface area contributed by atoms with E-state index < -0.39 is 0 Å². The second kappa shape index (κ2) is 8.19. The predicted octanol–water partition coefficient (Wildman–Crippen LogP) is 5.91. The molecule has 0 aliphatic heterocycles. The number of carbonyl (C=O) groups is 1. The molecule has 1 aromatic heterocycles. The van der Waals surface area contributed by atoms with Crippen LogP contribution >= 0.6 is 27.5 Å². The highest BCUT2D eigenvalue weighted by molar-refractivity contribution is 9.10. The largest absolute Gasteiger partial charge is 0.319 e. The number of nitrogens with one attached hydrogen (secondary N) is 1. The van der Waals surface area contributed by atoms with Gasteiger partial charge < -0.3 is 5.32 Å². The van der Waals surface area contributed by atoms with E-state index in [1.165, 1.54) is 0 Å². The number of halogens is 2. The molecule has 7 heteroatoms. The van der Waals surface area contributed by atoms with Crippen molar-refractivity contribution in [2.24, 2.45) is 0 Å². The average Bonchev–Trinajstić information content (AvgIpc) is 3.15. The number of aromatic nitrogens is 3. The molecular formula is C22H16BrClN4O. The van der Waals surface area contributed by atoms with Gasteiger partial charge in [-0.1, -0.05) is 63.4 Å². The number of hydrogen-bond donors (Lipinski definition) is 1. The van der Waals surface area contributed by atoms with Gasteiger partial charge in [0.1, 0.15) is 0 Å². The van der Waals surface area contributed by atoms with Crippen molar-refractivity contribution >= 4 is 39.1 Å². The van der Waals surface area contributed by atoms with Gasteiger partial charge in [-0.2, -0.15) is 0 Å². The Kier molecular flexibility index (Phi) is 5.47. The predicted molar refractivity (Wildman–Crippen MR) is 119 cm³/mol. The van der Waals surface area contributed by atoms with Crippen molar-refractivity contribution in [2.45, 2.75) is 6.92 Å². The molecule has 0 atom stereocenters. The minimum absolute atomic E-state index is 0.0792. The number of benzene rings is 3. The maximum absolute atomic E-state index is 12.8. The van der Waals surface area contributed by atoms with Gasteiger partial charge in [-0.15, -0.1) is 5.10 Å². The van der Waals surface area contributed by atoms with E-state index in [-0.39, 0.29) is 11.7 Å². The number of amides is 1. The lowest BCUT2D eigenvalue weighted by Crippen LogP contribution is -2.14. The second-order valence-electron chi connectivity index (χ2n) is 6.48. The lowest BCUT2D eigenvalue weighted by atomic mass is 10.1. The standard InChI is InChI=1S/C22H16BrClN4O/c1-14-5-7-15(8-6-14)21-26-20(22(29)25-18-4-2-3-16(23)13-18)27-28(21)19-11-9-17(24)10-12-19/h2-13H,1H3,(H,25,29). The van der Waals surface area contributed by atoms with Crippen LogP contribution < -0.4 is 5.32 Å². The Morgan fingerprint density at radius 3 is 2.45 bits per heavy atom. The highest BCUT2D eigenvalue weighted by atomic mass is 79.9. The highest BCUT2D eigenvalue weighted by Gasteiger charge is 2.19. The van der Waals surface area contributed by atoms with Crippen LogP contribution in [0.5, 0.6) is 0 Å². The number of hydrogen-bond acceptors (Lipinski definition) is 3. The van der Waals surface area contributed by atoms with Crippen molar-refractivity contribution in [1.82, 2.24) is 14.8 Å². The van der Waals surface area contributed by atoms with E-state index in [1.807, 2.05) is 61.5 Å². The smallest absolute Gasteiger partial charge is 0.295 e. The van der Waals surface area contributed by atoms with Gasteiger partial charge in [-0.3, -0.25) is 4.79 Å². The highest BCUT2D eigenvalue weighted by Crippen LogP contribution is 2.23. The van der Waals surface area contributed by atoms with Gasteiger partial charge in [0.25, 0.3) is 5.91 Å². The Bertz CT molecular complexity index is 1110. The molecule has 0 aliphatic rings. The fraction of sp³-hybridized carbons (Fsp3) is 0.0455. The third kappa shape index (κ3) is 4.39. The Morgan fingerprint density at radius 1 is 1.03 bits per heavy atom. The Morgan fingerprint density at radius 2 is 1.76 bits per heavy atom. The number of nitrogens with zero attached hydrogens (tertiary/aromatic N) is 3. The van der Waals surface area contributed by atoms with E-state index in [0.717, 1.165) is 21.3 Å². The zero-order valence-corrected chi connectivity index (χ0v) is 17.8. The van der Waals surface area contributed by atoms with Crippen LogP contribution in [0.15, 0.2) is 77.3 Å². The molecule has 0 unspecified atom stereocenters. The first-order valence-electron chi connectivity index (χ1n) is 8.86. The van der Waals surface area contributed by atoms with E-state index in [4.69, 9.17) is 11.6 Å². The molecular weight excluding hydrogens is 452 g/mol. The number of carbonyl (C=O) groups excluding carboxylic acids is 1. The quantitative estimate of drug-likeness (QED) is 0.406. The van der Waals surface area contributed by atoms with Crippen LogP contribution in [0.2, 0.25) is 5.02 Å². The number of anilines is 1. The van der Waals surface area contributed by atoms with Crippen LogP contribution in [0.3, 0.4) is 0 Å². The van der Waals surface area contributed by atoms with Gasteiger partial charge in [-0.25, -0.2) is 9.67 Å². The van der Waals surface area contributed by atoms with Gasteiger partial charge in [0, 0.05) is 20.7 Å². The monoisotopic (exact) mass is 466 g/mol. The summed E-state index contributed by atoms with van der Waals surface area (Å²) in [4.78, 5) is 17.3. The molecule has 0 spiro atoms. The molecule has 0 fully saturated rings. The summed E-state index contributed by atoms with van der Waals surface area (Å²) in [5.41, 5.74) is 3.42. The van der Waals surface area contributed by atoms with Crippen molar-refractivity contribution in [2.75, 3.05) is 5.32 Å². The molecule has 3 aromatic carbocycles. The van der Waals surface area contributed by atoms with Gasteiger partial charge >= 0.3 is 0 Å². The summed E-state index contributed by atoms with van der Waals surface area (Å²) in [6.45, 7) is 2.02. The van der Waals surface area contributed by atoms with Crippen molar-refractivity contribution in [3.63, 3.8) is 0 Å². The molecule has 0 bridgehead atoms. The fourth-order valence-electron chi connectivity index (χ4n) is 2.81. The van der Waals surface area contributed by atoms with Gasteiger partial charge in [0.15, 0.2) is 5.82 Å². The SMILES string of the molecule is Cc1ccc(-c2nc(C(=O)Nc3cccc(Br)c3)nn2-c2ccc(Cl)cc2)cc1. The van der Waals surface area contributed by atoms with Crippen molar-refractivity contribution in [1.29, 1.82) is 0 Å². The van der Waals surface area contributed by atoms with Gasteiger partial charge in [-0.05, 0) is 49.4 Å². The van der Waals surface area contributed by atoms with Crippen LogP contribution in [0, 0.1) is 6.92 Å². The van der Waals surface area contributed by atoms with E-state index in [9.17, 15) is 4.79 Å². The minimum atomic E-state index is -0.385.